The van der Waals surface area contributed by atoms with E-state index in [4.69, 9.17) is 4.74 Å². The fourth-order valence-corrected chi connectivity index (χ4v) is 3.27. The summed E-state index contributed by atoms with van der Waals surface area (Å²) in [5.41, 5.74) is 2.12. The number of amides is 2. The first-order valence-electron chi connectivity index (χ1n) is 9.90. The molecule has 3 aromatic rings. The van der Waals surface area contributed by atoms with Crippen molar-refractivity contribution in [1.29, 1.82) is 0 Å². The third-order valence-electron chi connectivity index (χ3n) is 4.69. The molecule has 7 nitrogen and oxygen atoms in total. The molecule has 0 atom stereocenters. The van der Waals surface area contributed by atoms with Crippen LogP contribution in [0.2, 0.25) is 0 Å². The minimum atomic E-state index is -0.350. The molecular weight excluding hydrogens is 380 g/mol. The van der Waals surface area contributed by atoms with Crippen molar-refractivity contribution < 1.29 is 14.3 Å². The van der Waals surface area contributed by atoms with Crippen LogP contribution in [-0.4, -0.2) is 40.9 Å². The number of rotatable bonds is 5. The van der Waals surface area contributed by atoms with Gasteiger partial charge in [0.25, 0.3) is 11.8 Å². The highest BCUT2D eigenvalue weighted by Crippen LogP contribution is 2.25. The minimum Gasteiger partial charge on any atom is -0.497 e. The molecule has 1 aromatic carbocycles. The standard InChI is InChI=1S/C23H28N4O3/c1-7-18-21(26(5)22(29)15-9-8-10-17(13-15)30-6)27-14-16(11-12-19(27)24-18)20(28)25-23(2,3)4/h8-14H,7H2,1-6H3,(H,25,28). The van der Waals surface area contributed by atoms with Crippen LogP contribution in [0.5, 0.6) is 5.75 Å². The number of nitrogens with one attached hydrogen (secondary N) is 1. The molecule has 0 unspecified atom stereocenters. The lowest BCUT2D eigenvalue weighted by Gasteiger charge is -2.21. The normalized spacial score (nSPS) is 11.4. The maximum absolute atomic E-state index is 13.2. The van der Waals surface area contributed by atoms with Gasteiger partial charge in [-0.15, -0.1) is 0 Å². The fraction of sp³-hybridized carbons (Fsp3) is 0.348. The van der Waals surface area contributed by atoms with Crippen molar-refractivity contribution in [3.63, 3.8) is 0 Å². The smallest absolute Gasteiger partial charge is 0.259 e. The zero-order valence-corrected chi connectivity index (χ0v) is 18.3. The predicted molar refractivity (Wildman–Crippen MR) is 118 cm³/mol. The summed E-state index contributed by atoms with van der Waals surface area (Å²) in [6.45, 7) is 7.79. The van der Waals surface area contributed by atoms with E-state index in [1.807, 2.05) is 27.7 Å². The molecule has 2 aromatic heterocycles. The number of imidazole rings is 1. The first-order valence-corrected chi connectivity index (χ1v) is 9.90. The Labute approximate surface area is 176 Å². The third kappa shape index (κ3) is 4.30. The van der Waals surface area contributed by atoms with Crippen molar-refractivity contribution in [3.8, 4) is 5.75 Å². The van der Waals surface area contributed by atoms with Gasteiger partial charge >= 0.3 is 0 Å². The van der Waals surface area contributed by atoms with Crippen LogP contribution in [0.1, 0.15) is 54.1 Å². The molecular formula is C23H28N4O3. The summed E-state index contributed by atoms with van der Waals surface area (Å²) in [5.74, 6) is 0.897. The summed E-state index contributed by atoms with van der Waals surface area (Å²) in [6, 6.07) is 10.6. The molecule has 7 heteroatoms. The Hall–Kier alpha value is -3.35. The van der Waals surface area contributed by atoms with Crippen LogP contribution in [-0.2, 0) is 6.42 Å². The van der Waals surface area contributed by atoms with Crippen molar-refractivity contribution in [3.05, 3.63) is 59.4 Å². The second-order valence-electron chi connectivity index (χ2n) is 8.18. The van der Waals surface area contributed by atoms with Crippen molar-refractivity contribution in [1.82, 2.24) is 14.7 Å². The molecule has 2 heterocycles. The average Bonchev–Trinajstić information content (AvgIpc) is 3.09. The van der Waals surface area contributed by atoms with E-state index in [-0.39, 0.29) is 17.4 Å². The van der Waals surface area contributed by atoms with Crippen LogP contribution in [0, 0.1) is 0 Å². The molecule has 2 amide bonds. The predicted octanol–water partition coefficient (Wildman–Crippen LogP) is 3.71. The summed E-state index contributed by atoms with van der Waals surface area (Å²) in [7, 11) is 3.28. The Balaban J connectivity index is 2.05. The number of nitrogens with zero attached hydrogens (tertiary/aromatic N) is 3. The molecule has 158 valence electrons. The van der Waals surface area contributed by atoms with E-state index in [1.54, 1.807) is 66.1 Å². The molecule has 30 heavy (non-hydrogen) atoms. The second kappa shape index (κ2) is 8.18. The van der Waals surface area contributed by atoms with Crippen LogP contribution in [0.25, 0.3) is 5.65 Å². The number of ether oxygens (including phenoxy) is 1. The number of benzene rings is 1. The highest BCUT2D eigenvalue weighted by atomic mass is 16.5. The summed E-state index contributed by atoms with van der Waals surface area (Å²) >= 11 is 0. The van der Waals surface area contributed by atoms with E-state index in [0.717, 1.165) is 5.69 Å². The number of hydrogen-bond acceptors (Lipinski definition) is 4. The summed E-state index contributed by atoms with van der Waals surface area (Å²) in [5, 5.41) is 2.96. The molecule has 0 radical (unpaired) electrons. The minimum absolute atomic E-state index is 0.177. The molecule has 0 fully saturated rings. The zero-order chi connectivity index (χ0) is 22.1. The van der Waals surface area contributed by atoms with Crippen molar-refractivity contribution >= 4 is 23.3 Å². The number of carbonyl (C=O) groups excluding carboxylic acids is 2. The van der Waals surface area contributed by atoms with Crippen LogP contribution in [0.4, 0.5) is 5.82 Å². The molecule has 0 saturated carbocycles. The van der Waals surface area contributed by atoms with Crippen molar-refractivity contribution in [2.75, 3.05) is 19.1 Å². The number of fused-ring (bicyclic) bond motifs is 1. The van der Waals surface area contributed by atoms with Gasteiger partial charge in [-0.05, 0) is 57.5 Å². The quantitative estimate of drug-likeness (QED) is 0.698. The molecule has 0 aliphatic heterocycles. The first-order chi connectivity index (χ1) is 14.1. The summed E-state index contributed by atoms with van der Waals surface area (Å²) in [6.07, 6.45) is 2.38. The van der Waals surface area contributed by atoms with Crippen molar-refractivity contribution in [2.24, 2.45) is 0 Å². The summed E-state index contributed by atoms with van der Waals surface area (Å²) in [4.78, 5) is 32.0. The van der Waals surface area contributed by atoms with Gasteiger partial charge in [-0.25, -0.2) is 4.98 Å². The number of pyridine rings is 1. The second-order valence-corrected chi connectivity index (χ2v) is 8.18. The van der Waals surface area contributed by atoms with Gasteiger partial charge in [0.2, 0.25) is 0 Å². The molecule has 0 aliphatic carbocycles. The average molecular weight is 409 g/mol. The lowest BCUT2D eigenvalue weighted by molar-refractivity contribution is 0.0918. The largest absolute Gasteiger partial charge is 0.497 e. The lowest BCUT2D eigenvalue weighted by atomic mass is 10.1. The van der Waals surface area contributed by atoms with Crippen LogP contribution >= 0.6 is 0 Å². The Morgan fingerprint density at radius 3 is 2.53 bits per heavy atom. The van der Waals surface area contributed by atoms with Crippen LogP contribution in [0.15, 0.2) is 42.6 Å². The number of aromatic nitrogens is 2. The van der Waals surface area contributed by atoms with E-state index in [2.05, 4.69) is 10.3 Å². The Morgan fingerprint density at radius 1 is 1.17 bits per heavy atom. The maximum atomic E-state index is 13.2. The molecule has 0 bridgehead atoms. The number of carbonyl (C=O) groups is 2. The van der Waals surface area contributed by atoms with Crippen molar-refractivity contribution in [2.45, 2.75) is 39.7 Å². The Bertz CT molecular complexity index is 1100. The fourth-order valence-electron chi connectivity index (χ4n) is 3.27. The van der Waals surface area contributed by atoms with Gasteiger partial charge in [0, 0.05) is 24.3 Å². The number of hydrogen-bond donors (Lipinski definition) is 1. The number of methoxy groups -OCH3 is 1. The summed E-state index contributed by atoms with van der Waals surface area (Å²) < 4.78 is 7.04. The highest BCUT2D eigenvalue weighted by Gasteiger charge is 2.23. The van der Waals surface area contributed by atoms with Crippen LogP contribution in [0.3, 0.4) is 0 Å². The zero-order valence-electron chi connectivity index (χ0n) is 18.3. The number of aryl methyl sites for hydroxylation is 1. The van der Waals surface area contributed by atoms with Gasteiger partial charge in [-0.2, -0.15) is 0 Å². The topological polar surface area (TPSA) is 75.9 Å². The van der Waals surface area contributed by atoms with E-state index in [1.165, 1.54) is 0 Å². The van der Waals surface area contributed by atoms with E-state index >= 15 is 0 Å². The molecule has 1 N–H and O–H groups in total. The Kier molecular flexibility index (Phi) is 5.82. The Morgan fingerprint density at radius 2 is 1.90 bits per heavy atom. The van der Waals surface area contributed by atoms with E-state index in [9.17, 15) is 9.59 Å². The molecule has 0 aliphatic rings. The molecule has 3 rings (SSSR count). The monoisotopic (exact) mass is 408 g/mol. The van der Waals surface area contributed by atoms with E-state index in [0.29, 0.717) is 34.8 Å². The van der Waals surface area contributed by atoms with Crippen LogP contribution < -0.4 is 15.0 Å². The van der Waals surface area contributed by atoms with Gasteiger partial charge in [-0.1, -0.05) is 13.0 Å². The SMILES string of the molecule is CCc1nc2ccc(C(=O)NC(C)(C)C)cn2c1N(C)C(=O)c1cccc(OC)c1. The van der Waals surface area contributed by atoms with Gasteiger partial charge in [0.15, 0.2) is 0 Å². The van der Waals surface area contributed by atoms with Gasteiger partial charge < -0.3 is 10.1 Å². The molecule has 0 spiro atoms. The van der Waals surface area contributed by atoms with Gasteiger partial charge in [0.05, 0.1) is 18.4 Å². The number of anilines is 1. The van der Waals surface area contributed by atoms with Gasteiger partial charge in [0.1, 0.15) is 17.2 Å². The van der Waals surface area contributed by atoms with Gasteiger partial charge in [-0.3, -0.25) is 18.9 Å². The lowest BCUT2D eigenvalue weighted by Crippen LogP contribution is -2.40. The highest BCUT2D eigenvalue weighted by molar-refractivity contribution is 6.06. The first kappa shape index (κ1) is 21.4. The third-order valence-corrected chi connectivity index (χ3v) is 4.69. The molecule has 0 saturated heterocycles. The van der Waals surface area contributed by atoms with E-state index < -0.39 is 0 Å². The maximum Gasteiger partial charge on any atom is 0.259 e.